The van der Waals surface area contributed by atoms with Crippen LogP contribution in [0, 0.1) is 0 Å². The molecule has 96 valence electrons. The van der Waals surface area contributed by atoms with Crippen LogP contribution in [-0.2, 0) is 6.54 Å². The van der Waals surface area contributed by atoms with Crippen molar-refractivity contribution >= 4 is 22.5 Å². The Morgan fingerprint density at radius 1 is 1.16 bits per heavy atom. The first kappa shape index (κ1) is 12.1. The number of para-hydroxylation sites is 1. The van der Waals surface area contributed by atoms with E-state index in [1.165, 1.54) is 0 Å². The highest BCUT2D eigenvalue weighted by Crippen LogP contribution is 2.25. The predicted molar refractivity (Wildman–Crippen MR) is 76.8 cm³/mol. The number of rotatable bonds is 3. The highest BCUT2D eigenvalue weighted by atomic mass is 35.5. The topological polar surface area (TPSA) is 27.1 Å². The van der Waals surface area contributed by atoms with Crippen LogP contribution in [0.2, 0.25) is 5.02 Å². The standard InChI is InChI=1S/C15H13ClN2O/c1-19-14-7-3-5-12(17-14)10-18-9-8-11-4-2-6-13(16)15(11)18/h2-9H,10H2,1H3. The highest BCUT2D eigenvalue weighted by molar-refractivity contribution is 6.35. The molecule has 4 heteroatoms. The van der Waals surface area contributed by atoms with Gasteiger partial charge in [-0.2, -0.15) is 0 Å². The molecule has 0 aliphatic rings. The molecule has 0 bridgehead atoms. The molecule has 0 N–H and O–H groups in total. The minimum absolute atomic E-state index is 0.625. The first-order valence-corrected chi connectivity index (χ1v) is 6.39. The second-order valence-electron chi connectivity index (χ2n) is 4.29. The zero-order valence-corrected chi connectivity index (χ0v) is 11.3. The van der Waals surface area contributed by atoms with Crippen LogP contribution in [-0.4, -0.2) is 16.7 Å². The van der Waals surface area contributed by atoms with E-state index in [0.29, 0.717) is 12.4 Å². The quantitative estimate of drug-likeness (QED) is 0.726. The van der Waals surface area contributed by atoms with Gasteiger partial charge in [0.1, 0.15) is 0 Å². The maximum atomic E-state index is 6.26. The van der Waals surface area contributed by atoms with Gasteiger partial charge in [-0.15, -0.1) is 0 Å². The summed E-state index contributed by atoms with van der Waals surface area (Å²) in [5.41, 5.74) is 1.98. The van der Waals surface area contributed by atoms with Gasteiger partial charge in [0.2, 0.25) is 5.88 Å². The first-order valence-electron chi connectivity index (χ1n) is 6.01. The van der Waals surface area contributed by atoms with E-state index in [-0.39, 0.29) is 0 Å². The summed E-state index contributed by atoms with van der Waals surface area (Å²) in [5.74, 6) is 0.625. The fourth-order valence-electron chi connectivity index (χ4n) is 2.18. The van der Waals surface area contributed by atoms with Crippen LogP contribution in [0.3, 0.4) is 0 Å². The van der Waals surface area contributed by atoms with Crippen molar-refractivity contribution in [1.82, 2.24) is 9.55 Å². The van der Waals surface area contributed by atoms with E-state index in [9.17, 15) is 0 Å². The van der Waals surface area contributed by atoms with E-state index < -0.39 is 0 Å². The van der Waals surface area contributed by atoms with Crippen LogP contribution in [0.5, 0.6) is 5.88 Å². The van der Waals surface area contributed by atoms with Gasteiger partial charge in [-0.1, -0.05) is 29.8 Å². The Morgan fingerprint density at radius 2 is 2.00 bits per heavy atom. The normalized spacial score (nSPS) is 10.8. The molecule has 0 saturated heterocycles. The number of aromatic nitrogens is 2. The summed E-state index contributed by atoms with van der Waals surface area (Å²) < 4.78 is 7.24. The van der Waals surface area contributed by atoms with Crippen molar-refractivity contribution < 1.29 is 4.74 Å². The predicted octanol–water partition coefficient (Wildman–Crippen LogP) is 3.75. The maximum absolute atomic E-state index is 6.26. The minimum Gasteiger partial charge on any atom is -0.481 e. The summed E-state index contributed by atoms with van der Waals surface area (Å²) in [5, 5.41) is 1.89. The number of pyridine rings is 1. The van der Waals surface area contributed by atoms with Crippen LogP contribution in [0.15, 0.2) is 48.7 Å². The Hall–Kier alpha value is -2.00. The third kappa shape index (κ3) is 2.29. The zero-order valence-electron chi connectivity index (χ0n) is 10.5. The zero-order chi connectivity index (χ0) is 13.2. The number of benzene rings is 1. The van der Waals surface area contributed by atoms with E-state index in [1.807, 2.05) is 36.5 Å². The largest absolute Gasteiger partial charge is 0.481 e. The molecule has 0 spiro atoms. The third-order valence-electron chi connectivity index (χ3n) is 3.06. The lowest BCUT2D eigenvalue weighted by atomic mass is 10.2. The second kappa shape index (κ2) is 4.94. The van der Waals surface area contributed by atoms with Crippen molar-refractivity contribution in [3.63, 3.8) is 0 Å². The molecule has 0 atom stereocenters. The summed E-state index contributed by atoms with van der Waals surface area (Å²) in [6.45, 7) is 0.671. The third-order valence-corrected chi connectivity index (χ3v) is 3.37. The maximum Gasteiger partial charge on any atom is 0.213 e. The van der Waals surface area contributed by atoms with Crippen molar-refractivity contribution in [3.05, 3.63) is 59.4 Å². The summed E-state index contributed by atoms with van der Waals surface area (Å²) in [7, 11) is 1.62. The van der Waals surface area contributed by atoms with Crippen molar-refractivity contribution in [3.8, 4) is 5.88 Å². The van der Waals surface area contributed by atoms with E-state index in [2.05, 4.69) is 21.7 Å². The lowest BCUT2D eigenvalue weighted by Crippen LogP contribution is -2.01. The second-order valence-corrected chi connectivity index (χ2v) is 4.70. The monoisotopic (exact) mass is 272 g/mol. The van der Waals surface area contributed by atoms with Crippen LogP contribution < -0.4 is 4.74 Å². The molecule has 2 heterocycles. The molecule has 3 rings (SSSR count). The van der Waals surface area contributed by atoms with E-state index in [1.54, 1.807) is 7.11 Å². The van der Waals surface area contributed by atoms with Gasteiger partial charge in [0, 0.05) is 17.6 Å². The van der Waals surface area contributed by atoms with Crippen molar-refractivity contribution in [2.24, 2.45) is 0 Å². The highest BCUT2D eigenvalue weighted by Gasteiger charge is 2.06. The molecule has 2 aromatic heterocycles. The molecule has 0 amide bonds. The number of hydrogen-bond acceptors (Lipinski definition) is 2. The van der Waals surface area contributed by atoms with Gasteiger partial charge < -0.3 is 9.30 Å². The number of ether oxygens (including phenoxy) is 1. The summed E-state index contributed by atoms with van der Waals surface area (Å²) in [6, 6.07) is 13.7. The molecular weight excluding hydrogens is 260 g/mol. The number of fused-ring (bicyclic) bond motifs is 1. The van der Waals surface area contributed by atoms with Gasteiger partial charge in [-0.25, -0.2) is 4.98 Å². The molecule has 0 saturated carbocycles. The first-order chi connectivity index (χ1) is 9.28. The molecule has 0 fully saturated rings. The molecule has 19 heavy (non-hydrogen) atoms. The fourth-order valence-corrected chi connectivity index (χ4v) is 2.47. The van der Waals surface area contributed by atoms with Gasteiger partial charge in [0.05, 0.1) is 29.9 Å². The molecule has 0 aliphatic heterocycles. The minimum atomic E-state index is 0.625. The Labute approximate surface area is 116 Å². The smallest absolute Gasteiger partial charge is 0.213 e. The Balaban J connectivity index is 2.01. The average molecular weight is 273 g/mol. The SMILES string of the molecule is COc1cccc(Cn2ccc3cccc(Cl)c32)n1. The van der Waals surface area contributed by atoms with E-state index >= 15 is 0 Å². The molecule has 3 nitrogen and oxygen atoms in total. The van der Waals surface area contributed by atoms with Gasteiger partial charge in [0.25, 0.3) is 0 Å². The average Bonchev–Trinajstić information content (AvgIpc) is 2.84. The summed E-state index contributed by atoms with van der Waals surface area (Å²) in [6.07, 6.45) is 2.03. The lowest BCUT2D eigenvalue weighted by molar-refractivity contribution is 0.396. The molecule has 0 radical (unpaired) electrons. The number of nitrogens with zero attached hydrogens (tertiary/aromatic N) is 2. The molecule has 0 aliphatic carbocycles. The van der Waals surface area contributed by atoms with Gasteiger partial charge >= 0.3 is 0 Å². The van der Waals surface area contributed by atoms with Gasteiger partial charge in [-0.3, -0.25) is 0 Å². The van der Waals surface area contributed by atoms with Crippen LogP contribution in [0.4, 0.5) is 0 Å². The summed E-state index contributed by atoms with van der Waals surface area (Å²) in [4.78, 5) is 4.42. The molecular formula is C15H13ClN2O. The van der Waals surface area contributed by atoms with Gasteiger partial charge in [-0.05, 0) is 18.2 Å². The number of hydrogen-bond donors (Lipinski definition) is 0. The van der Waals surface area contributed by atoms with Crippen molar-refractivity contribution in [1.29, 1.82) is 0 Å². The van der Waals surface area contributed by atoms with Crippen molar-refractivity contribution in [2.45, 2.75) is 6.54 Å². The van der Waals surface area contributed by atoms with Crippen LogP contribution >= 0.6 is 11.6 Å². The number of methoxy groups -OCH3 is 1. The molecule has 3 aromatic rings. The van der Waals surface area contributed by atoms with Gasteiger partial charge in [0.15, 0.2) is 0 Å². The van der Waals surface area contributed by atoms with Crippen LogP contribution in [0.25, 0.3) is 10.9 Å². The Kier molecular flexibility index (Phi) is 3.13. The van der Waals surface area contributed by atoms with Crippen LogP contribution in [0.1, 0.15) is 5.69 Å². The lowest BCUT2D eigenvalue weighted by Gasteiger charge is -2.07. The fraction of sp³-hybridized carbons (Fsp3) is 0.133. The Bertz CT molecular complexity index is 721. The Morgan fingerprint density at radius 3 is 2.84 bits per heavy atom. The van der Waals surface area contributed by atoms with E-state index in [0.717, 1.165) is 21.6 Å². The number of halogens is 1. The molecule has 0 unspecified atom stereocenters. The summed E-state index contributed by atoms with van der Waals surface area (Å²) >= 11 is 6.26. The van der Waals surface area contributed by atoms with E-state index in [4.69, 9.17) is 16.3 Å². The van der Waals surface area contributed by atoms with Crippen molar-refractivity contribution in [2.75, 3.05) is 7.11 Å². The molecule has 1 aromatic carbocycles.